The number of nitrogens with zero attached hydrogens (tertiary/aromatic N) is 2. The Kier molecular flexibility index (Phi) is 3.61. The first-order chi connectivity index (χ1) is 8.97. The molecule has 3 N–H and O–H groups in total. The third-order valence-corrected chi connectivity index (χ3v) is 2.37. The first-order valence-electron chi connectivity index (χ1n) is 5.01. The first-order valence-corrected chi connectivity index (χ1v) is 5.41. The molecule has 0 amide bonds. The normalized spacial score (nSPS) is 10.3. The predicted octanol–water partition coefficient (Wildman–Crippen LogP) is 2.27. The molecule has 2 aromatic rings. The molecule has 8 heteroatoms. The Morgan fingerprint density at radius 2 is 1.74 bits per heavy atom. The molecule has 0 atom stereocenters. The van der Waals surface area contributed by atoms with Gasteiger partial charge in [-0.25, -0.2) is 23.1 Å². The van der Waals surface area contributed by atoms with E-state index < -0.39 is 23.1 Å². The van der Waals surface area contributed by atoms with E-state index in [9.17, 15) is 13.2 Å². The van der Waals surface area contributed by atoms with Gasteiger partial charge in [0.2, 0.25) is 0 Å². The van der Waals surface area contributed by atoms with Gasteiger partial charge < -0.3 is 11.1 Å². The van der Waals surface area contributed by atoms with Crippen LogP contribution in [0.3, 0.4) is 0 Å². The largest absolute Gasteiger partial charge is 0.388 e. The zero-order chi connectivity index (χ0) is 14.0. The Morgan fingerprint density at radius 1 is 1.11 bits per heavy atom. The Hall–Kier alpha value is -2.22. The molecule has 2 rings (SSSR count). The number of halogens is 3. The zero-order valence-electron chi connectivity index (χ0n) is 9.32. The van der Waals surface area contributed by atoms with E-state index in [1.54, 1.807) is 0 Å². The van der Waals surface area contributed by atoms with Crippen LogP contribution in [0.15, 0.2) is 24.5 Å². The number of anilines is 2. The first kappa shape index (κ1) is 13.2. The predicted molar refractivity (Wildman–Crippen MR) is 67.5 cm³/mol. The highest BCUT2D eigenvalue weighted by molar-refractivity contribution is 7.80. The lowest BCUT2D eigenvalue weighted by molar-refractivity contribution is 0.548. The van der Waals surface area contributed by atoms with Crippen LogP contribution in [-0.4, -0.2) is 15.0 Å². The number of hydrogen-bond donors (Lipinski definition) is 2. The van der Waals surface area contributed by atoms with Gasteiger partial charge in [-0.3, -0.25) is 0 Å². The van der Waals surface area contributed by atoms with Crippen molar-refractivity contribution in [1.29, 1.82) is 0 Å². The van der Waals surface area contributed by atoms with Gasteiger partial charge in [-0.2, -0.15) is 0 Å². The van der Waals surface area contributed by atoms with Gasteiger partial charge in [0.25, 0.3) is 0 Å². The van der Waals surface area contributed by atoms with E-state index in [1.165, 1.54) is 12.4 Å². The molecule has 0 saturated heterocycles. The third-order valence-electron chi connectivity index (χ3n) is 2.16. The molecule has 0 aliphatic rings. The fourth-order valence-electron chi connectivity index (χ4n) is 1.31. The highest BCUT2D eigenvalue weighted by Crippen LogP contribution is 2.23. The second kappa shape index (κ2) is 5.19. The molecule has 1 aromatic carbocycles. The quantitative estimate of drug-likeness (QED) is 0.847. The lowest BCUT2D eigenvalue weighted by Gasteiger charge is -2.08. The second-order valence-corrected chi connectivity index (χ2v) is 3.96. The van der Waals surface area contributed by atoms with Crippen molar-refractivity contribution >= 4 is 28.7 Å². The van der Waals surface area contributed by atoms with E-state index in [1.807, 2.05) is 0 Å². The monoisotopic (exact) mass is 284 g/mol. The standard InChI is InChI=1S/C11H7F3N4S/c12-5-1-6(13)10(7(14)2-5)18-9-4-16-8(3-17-9)11(15)19/h1-4H,(H2,15,19)(H,17,18). The number of aromatic nitrogens is 2. The summed E-state index contributed by atoms with van der Waals surface area (Å²) < 4.78 is 39.5. The van der Waals surface area contributed by atoms with Gasteiger partial charge in [-0.1, -0.05) is 12.2 Å². The van der Waals surface area contributed by atoms with Gasteiger partial charge in [0, 0.05) is 12.1 Å². The van der Waals surface area contributed by atoms with Gasteiger partial charge in [0.15, 0.2) is 11.6 Å². The van der Waals surface area contributed by atoms with Crippen LogP contribution in [0.5, 0.6) is 0 Å². The SMILES string of the molecule is NC(=S)c1cnc(Nc2c(F)cc(F)cc2F)cn1. The van der Waals surface area contributed by atoms with Gasteiger partial charge in [-0.05, 0) is 0 Å². The summed E-state index contributed by atoms with van der Waals surface area (Å²) in [5, 5.41) is 2.36. The number of nitrogens with two attached hydrogens (primary N) is 1. The highest BCUT2D eigenvalue weighted by Gasteiger charge is 2.12. The Bertz CT molecular complexity index is 607. The van der Waals surface area contributed by atoms with E-state index in [2.05, 4.69) is 27.5 Å². The van der Waals surface area contributed by atoms with Crippen molar-refractivity contribution in [1.82, 2.24) is 9.97 Å². The second-order valence-electron chi connectivity index (χ2n) is 3.52. The summed E-state index contributed by atoms with van der Waals surface area (Å²) in [6, 6.07) is 1.12. The van der Waals surface area contributed by atoms with E-state index in [0.29, 0.717) is 12.1 Å². The lowest BCUT2D eigenvalue weighted by atomic mass is 10.3. The number of rotatable bonds is 3. The minimum Gasteiger partial charge on any atom is -0.388 e. The smallest absolute Gasteiger partial charge is 0.152 e. The van der Waals surface area contributed by atoms with Gasteiger partial charge >= 0.3 is 0 Å². The molecule has 4 nitrogen and oxygen atoms in total. The summed E-state index contributed by atoms with van der Waals surface area (Å²) in [5.74, 6) is -3.07. The molecule has 0 aliphatic carbocycles. The number of thiocarbonyl (C=S) groups is 1. The van der Waals surface area contributed by atoms with Crippen molar-refractivity contribution in [2.45, 2.75) is 0 Å². The van der Waals surface area contributed by atoms with Crippen LogP contribution in [0.25, 0.3) is 0 Å². The molecule has 0 saturated carbocycles. The summed E-state index contributed by atoms with van der Waals surface area (Å²) in [7, 11) is 0. The molecule has 0 spiro atoms. The zero-order valence-corrected chi connectivity index (χ0v) is 10.1. The van der Waals surface area contributed by atoms with Crippen molar-refractivity contribution in [3.05, 3.63) is 47.7 Å². The van der Waals surface area contributed by atoms with Crippen LogP contribution in [-0.2, 0) is 0 Å². The Balaban J connectivity index is 2.29. The van der Waals surface area contributed by atoms with E-state index in [0.717, 1.165) is 0 Å². The summed E-state index contributed by atoms with van der Waals surface area (Å²) in [6.07, 6.45) is 2.46. The average molecular weight is 284 g/mol. The van der Waals surface area contributed by atoms with Crippen LogP contribution in [0, 0.1) is 17.5 Å². The Labute approximate surface area is 111 Å². The molecule has 19 heavy (non-hydrogen) atoms. The minimum absolute atomic E-state index is 0.0539. The molecule has 1 aromatic heterocycles. The molecule has 0 radical (unpaired) electrons. The van der Waals surface area contributed by atoms with Gasteiger partial charge in [-0.15, -0.1) is 0 Å². The molecular weight excluding hydrogens is 277 g/mol. The maximum absolute atomic E-state index is 13.4. The van der Waals surface area contributed by atoms with Gasteiger partial charge in [0.1, 0.15) is 28.0 Å². The summed E-state index contributed by atoms with van der Waals surface area (Å²) >= 11 is 4.68. The van der Waals surface area contributed by atoms with E-state index in [4.69, 9.17) is 5.73 Å². The fourth-order valence-corrected chi connectivity index (χ4v) is 1.41. The van der Waals surface area contributed by atoms with Crippen LogP contribution in [0.2, 0.25) is 0 Å². The van der Waals surface area contributed by atoms with Gasteiger partial charge in [0.05, 0.1) is 12.4 Å². The van der Waals surface area contributed by atoms with Crippen molar-refractivity contribution < 1.29 is 13.2 Å². The summed E-state index contributed by atoms with van der Waals surface area (Å²) in [4.78, 5) is 7.73. The van der Waals surface area contributed by atoms with Crippen molar-refractivity contribution in [3.63, 3.8) is 0 Å². The van der Waals surface area contributed by atoms with Crippen LogP contribution >= 0.6 is 12.2 Å². The Morgan fingerprint density at radius 3 is 2.21 bits per heavy atom. The minimum atomic E-state index is -1.07. The maximum atomic E-state index is 13.4. The lowest BCUT2D eigenvalue weighted by Crippen LogP contribution is -2.12. The maximum Gasteiger partial charge on any atom is 0.152 e. The van der Waals surface area contributed by atoms with Crippen LogP contribution < -0.4 is 11.1 Å². The topological polar surface area (TPSA) is 63.8 Å². The fraction of sp³-hybridized carbons (Fsp3) is 0. The third kappa shape index (κ3) is 2.97. The molecule has 98 valence electrons. The average Bonchev–Trinajstić information content (AvgIpc) is 2.34. The molecule has 1 heterocycles. The number of nitrogens with one attached hydrogen (secondary N) is 1. The van der Waals surface area contributed by atoms with Crippen molar-refractivity contribution in [2.24, 2.45) is 5.73 Å². The molecule has 0 bridgehead atoms. The summed E-state index contributed by atoms with van der Waals surface area (Å²) in [6.45, 7) is 0. The van der Waals surface area contributed by atoms with Crippen LogP contribution in [0.1, 0.15) is 5.69 Å². The molecule has 0 fully saturated rings. The van der Waals surface area contributed by atoms with Crippen molar-refractivity contribution in [2.75, 3.05) is 5.32 Å². The van der Waals surface area contributed by atoms with E-state index >= 15 is 0 Å². The van der Waals surface area contributed by atoms with Crippen LogP contribution in [0.4, 0.5) is 24.7 Å². The molecule has 0 unspecified atom stereocenters. The number of hydrogen-bond acceptors (Lipinski definition) is 4. The molecule has 0 aliphatic heterocycles. The highest BCUT2D eigenvalue weighted by atomic mass is 32.1. The molecular formula is C11H7F3N4S. The summed E-state index contributed by atoms with van der Waals surface area (Å²) in [5.41, 5.74) is 5.09. The van der Waals surface area contributed by atoms with Crippen molar-refractivity contribution in [3.8, 4) is 0 Å². The number of benzene rings is 1. The van der Waals surface area contributed by atoms with E-state index in [-0.39, 0.29) is 16.5 Å².